The van der Waals surface area contributed by atoms with Crippen molar-refractivity contribution in [1.82, 2.24) is 0 Å². The quantitative estimate of drug-likeness (QED) is 0.779. The van der Waals surface area contributed by atoms with Crippen molar-refractivity contribution in [3.63, 3.8) is 0 Å². The number of aryl methyl sites for hydroxylation is 1. The molecule has 2 aliphatic heterocycles. The summed E-state index contributed by atoms with van der Waals surface area (Å²) >= 11 is 0. The Labute approximate surface area is 111 Å². The summed E-state index contributed by atoms with van der Waals surface area (Å²) in [5.74, 6) is 0.0954. The van der Waals surface area contributed by atoms with Gasteiger partial charge >= 0.3 is 0 Å². The highest BCUT2D eigenvalue weighted by molar-refractivity contribution is 6.08. The van der Waals surface area contributed by atoms with E-state index in [1.807, 2.05) is 31.2 Å². The second-order valence-corrected chi connectivity index (χ2v) is 5.18. The minimum atomic E-state index is -0.105. The van der Waals surface area contributed by atoms with Crippen LogP contribution in [0.15, 0.2) is 42.5 Å². The van der Waals surface area contributed by atoms with Gasteiger partial charge in [0.05, 0.1) is 11.4 Å². The Morgan fingerprint density at radius 2 is 1.89 bits per heavy atom. The Kier molecular flexibility index (Phi) is 2.01. The van der Waals surface area contributed by atoms with Crippen LogP contribution < -0.4 is 10.2 Å². The van der Waals surface area contributed by atoms with Crippen LogP contribution >= 0.6 is 0 Å². The summed E-state index contributed by atoms with van der Waals surface area (Å²) in [6, 6.07) is 14.3. The molecule has 0 saturated heterocycles. The third kappa shape index (κ3) is 1.35. The van der Waals surface area contributed by atoms with Crippen LogP contribution in [0.4, 0.5) is 17.1 Å². The molecule has 1 atom stereocenters. The molecule has 3 heteroatoms. The van der Waals surface area contributed by atoms with Gasteiger partial charge in [-0.15, -0.1) is 0 Å². The van der Waals surface area contributed by atoms with Crippen molar-refractivity contribution in [3.8, 4) is 0 Å². The maximum atomic E-state index is 12.3. The molecule has 2 aromatic rings. The highest BCUT2D eigenvalue weighted by atomic mass is 16.2. The molecule has 0 spiro atoms. The van der Waals surface area contributed by atoms with Gasteiger partial charge in [0, 0.05) is 12.1 Å². The molecule has 2 aliphatic rings. The Morgan fingerprint density at radius 3 is 2.79 bits per heavy atom. The molecule has 1 amide bonds. The lowest BCUT2D eigenvalue weighted by molar-refractivity contribution is -0.117. The first-order valence-electron chi connectivity index (χ1n) is 6.53. The Balaban J connectivity index is 1.97. The van der Waals surface area contributed by atoms with E-state index in [9.17, 15) is 4.79 Å². The van der Waals surface area contributed by atoms with Crippen molar-refractivity contribution in [2.24, 2.45) is 0 Å². The molecule has 1 N–H and O–H groups in total. The van der Waals surface area contributed by atoms with E-state index < -0.39 is 0 Å². The molecule has 0 aromatic heterocycles. The topological polar surface area (TPSA) is 32.3 Å². The van der Waals surface area contributed by atoms with Crippen LogP contribution in [0, 0.1) is 6.92 Å². The lowest BCUT2D eigenvalue weighted by Gasteiger charge is -2.34. The molecule has 94 valence electrons. The van der Waals surface area contributed by atoms with E-state index in [0.717, 1.165) is 29.0 Å². The number of amides is 1. The second-order valence-electron chi connectivity index (χ2n) is 5.18. The lowest BCUT2D eigenvalue weighted by atomic mass is 10.1. The minimum absolute atomic E-state index is 0.0954. The normalized spacial score (nSPS) is 19.5. The molecule has 4 rings (SSSR count). The van der Waals surface area contributed by atoms with Gasteiger partial charge in [-0.3, -0.25) is 4.79 Å². The van der Waals surface area contributed by atoms with E-state index >= 15 is 0 Å². The fraction of sp³-hybridized carbons (Fsp3) is 0.188. The smallest absolute Gasteiger partial charge is 0.247 e. The highest BCUT2D eigenvalue weighted by Crippen LogP contribution is 2.45. The summed E-state index contributed by atoms with van der Waals surface area (Å²) in [7, 11) is 0. The molecule has 2 aromatic carbocycles. The number of benzene rings is 2. The van der Waals surface area contributed by atoms with E-state index in [4.69, 9.17) is 0 Å². The zero-order valence-electron chi connectivity index (χ0n) is 10.7. The number of nitrogens with zero attached hydrogens (tertiary/aromatic N) is 1. The number of hydrogen-bond donors (Lipinski definition) is 1. The summed E-state index contributed by atoms with van der Waals surface area (Å²) in [5.41, 5.74) is 5.56. The van der Waals surface area contributed by atoms with Crippen molar-refractivity contribution >= 4 is 23.0 Å². The predicted molar refractivity (Wildman–Crippen MR) is 75.9 cm³/mol. The molecule has 2 heterocycles. The van der Waals surface area contributed by atoms with E-state index in [0.29, 0.717) is 0 Å². The van der Waals surface area contributed by atoms with Crippen LogP contribution in [0.25, 0.3) is 0 Å². The maximum Gasteiger partial charge on any atom is 0.247 e. The van der Waals surface area contributed by atoms with Crippen LogP contribution in [0.1, 0.15) is 11.1 Å². The largest absolute Gasteiger partial charge is 0.327 e. The van der Waals surface area contributed by atoms with Gasteiger partial charge in [-0.1, -0.05) is 30.3 Å². The number of nitrogens with one attached hydrogen (secondary N) is 1. The Morgan fingerprint density at radius 1 is 1.11 bits per heavy atom. The zero-order valence-corrected chi connectivity index (χ0v) is 10.7. The summed E-state index contributed by atoms with van der Waals surface area (Å²) in [6.07, 6.45) is 0.787. The summed E-state index contributed by atoms with van der Waals surface area (Å²) in [6.45, 7) is 2.03. The Hall–Kier alpha value is -2.29. The van der Waals surface area contributed by atoms with Gasteiger partial charge in [0.15, 0.2) is 0 Å². The number of hydrogen-bond acceptors (Lipinski definition) is 2. The van der Waals surface area contributed by atoms with Crippen molar-refractivity contribution in [1.29, 1.82) is 0 Å². The molecule has 0 aliphatic carbocycles. The number of carbonyl (C=O) groups is 1. The van der Waals surface area contributed by atoms with Crippen molar-refractivity contribution < 1.29 is 4.79 Å². The molecule has 19 heavy (non-hydrogen) atoms. The first kappa shape index (κ1) is 10.6. The van der Waals surface area contributed by atoms with Gasteiger partial charge in [-0.25, -0.2) is 0 Å². The Bertz CT molecular complexity index is 693. The average molecular weight is 250 g/mol. The molecule has 0 radical (unpaired) electrons. The van der Waals surface area contributed by atoms with Crippen molar-refractivity contribution in [2.75, 3.05) is 10.2 Å². The summed E-state index contributed by atoms with van der Waals surface area (Å²) < 4.78 is 0. The molecule has 1 unspecified atom stereocenters. The SMILES string of the molecule is Cc1cccc2c1NC(=O)C1Cc3ccccc3N21. The van der Waals surface area contributed by atoms with Crippen LogP contribution in [0.2, 0.25) is 0 Å². The van der Waals surface area contributed by atoms with Gasteiger partial charge in [0.2, 0.25) is 5.91 Å². The third-order valence-electron chi connectivity index (χ3n) is 4.04. The summed E-state index contributed by atoms with van der Waals surface area (Å²) in [5, 5.41) is 3.05. The zero-order chi connectivity index (χ0) is 13.0. The molecular weight excluding hydrogens is 236 g/mol. The van der Waals surface area contributed by atoms with E-state index in [-0.39, 0.29) is 11.9 Å². The molecular formula is C16H14N2O. The number of para-hydroxylation sites is 2. The first-order chi connectivity index (χ1) is 9.25. The van der Waals surface area contributed by atoms with Gasteiger partial charge in [0.1, 0.15) is 6.04 Å². The van der Waals surface area contributed by atoms with Crippen LogP contribution in [-0.2, 0) is 11.2 Å². The molecule has 3 nitrogen and oxygen atoms in total. The van der Waals surface area contributed by atoms with E-state index in [2.05, 4.69) is 28.4 Å². The van der Waals surface area contributed by atoms with E-state index in [1.165, 1.54) is 5.56 Å². The van der Waals surface area contributed by atoms with Gasteiger partial charge < -0.3 is 10.2 Å². The molecule has 0 bridgehead atoms. The monoisotopic (exact) mass is 250 g/mol. The van der Waals surface area contributed by atoms with Crippen LogP contribution in [0.5, 0.6) is 0 Å². The fourth-order valence-corrected chi connectivity index (χ4v) is 3.12. The predicted octanol–water partition coefficient (Wildman–Crippen LogP) is 3.01. The minimum Gasteiger partial charge on any atom is -0.327 e. The average Bonchev–Trinajstić information content (AvgIpc) is 2.81. The molecule has 0 saturated carbocycles. The fourth-order valence-electron chi connectivity index (χ4n) is 3.12. The van der Waals surface area contributed by atoms with Crippen LogP contribution in [-0.4, -0.2) is 11.9 Å². The number of rotatable bonds is 0. The molecule has 0 fully saturated rings. The standard InChI is InChI=1S/C16H14N2O/c1-10-5-4-8-13-15(10)17-16(19)14-9-11-6-2-3-7-12(11)18(13)14/h2-8,14H,9H2,1H3,(H,17,19). The number of carbonyl (C=O) groups excluding carboxylic acids is 1. The van der Waals surface area contributed by atoms with Crippen LogP contribution in [0.3, 0.4) is 0 Å². The number of fused-ring (bicyclic) bond motifs is 5. The highest BCUT2D eigenvalue weighted by Gasteiger charge is 2.39. The van der Waals surface area contributed by atoms with Crippen molar-refractivity contribution in [2.45, 2.75) is 19.4 Å². The number of anilines is 3. The van der Waals surface area contributed by atoms with E-state index in [1.54, 1.807) is 0 Å². The lowest BCUT2D eigenvalue weighted by Crippen LogP contribution is -2.43. The van der Waals surface area contributed by atoms with Gasteiger partial charge in [0.25, 0.3) is 0 Å². The second kappa shape index (κ2) is 3.60. The third-order valence-corrected chi connectivity index (χ3v) is 4.04. The van der Waals surface area contributed by atoms with Gasteiger partial charge in [-0.2, -0.15) is 0 Å². The maximum absolute atomic E-state index is 12.3. The van der Waals surface area contributed by atoms with Gasteiger partial charge in [-0.05, 0) is 30.2 Å². The summed E-state index contributed by atoms with van der Waals surface area (Å²) in [4.78, 5) is 14.5. The van der Waals surface area contributed by atoms with Crippen molar-refractivity contribution in [3.05, 3.63) is 53.6 Å². The first-order valence-corrected chi connectivity index (χ1v) is 6.53.